The Hall–Kier alpha value is -4.41. The number of pyridine rings is 2. The third-order valence-electron chi connectivity index (χ3n) is 6.05. The Morgan fingerprint density at radius 2 is 2.09 bits per heavy atom. The van der Waals surface area contributed by atoms with Gasteiger partial charge in [-0.15, -0.1) is 0 Å². The second-order valence-corrected chi connectivity index (χ2v) is 8.46. The summed E-state index contributed by atoms with van der Waals surface area (Å²) in [5.41, 5.74) is 9.45. The van der Waals surface area contributed by atoms with Crippen molar-refractivity contribution in [1.82, 2.24) is 25.1 Å². The lowest BCUT2D eigenvalue weighted by Crippen LogP contribution is -2.31. The van der Waals surface area contributed by atoms with Gasteiger partial charge in [-0.25, -0.2) is 19.2 Å². The van der Waals surface area contributed by atoms with Crippen molar-refractivity contribution in [3.63, 3.8) is 0 Å². The maximum atomic E-state index is 15.3. The molecule has 0 bridgehead atoms. The van der Waals surface area contributed by atoms with E-state index in [1.165, 1.54) is 6.20 Å². The molecule has 0 saturated carbocycles. The number of nitrogens with one attached hydrogen (secondary N) is 3. The molecule has 4 heterocycles. The van der Waals surface area contributed by atoms with Gasteiger partial charge >= 0.3 is 6.03 Å². The first-order valence-electron chi connectivity index (χ1n) is 11.1. The van der Waals surface area contributed by atoms with E-state index < -0.39 is 11.8 Å². The molecule has 1 unspecified atom stereocenters. The molecule has 11 heteroatoms. The van der Waals surface area contributed by atoms with Crippen molar-refractivity contribution in [3.8, 4) is 17.0 Å². The number of hydrogen-bond acceptors (Lipinski definition) is 7. The highest BCUT2D eigenvalue weighted by molar-refractivity contribution is 6.00. The number of urea groups is 1. The van der Waals surface area contributed by atoms with Gasteiger partial charge in [0.25, 0.3) is 0 Å². The van der Waals surface area contributed by atoms with Crippen LogP contribution in [-0.2, 0) is 7.05 Å². The number of benzene rings is 1. The average Bonchev–Trinajstić information content (AvgIpc) is 3.28. The lowest BCUT2D eigenvalue weighted by Gasteiger charge is -2.22. The van der Waals surface area contributed by atoms with Gasteiger partial charge in [0.2, 0.25) is 5.88 Å². The number of nitrogen functional groups attached to an aromatic ring is 1. The maximum absolute atomic E-state index is 15.3. The summed E-state index contributed by atoms with van der Waals surface area (Å²) < 4.78 is 22.6. The topological polar surface area (TPSA) is 132 Å². The number of nitrogens with zero attached hydrogens (tertiary/aromatic N) is 4. The lowest BCUT2D eigenvalue weighted by molar-refractivity contribution is 0.249. The highest BCUT2D eigenvalue weighted by Gasteiger charge is 2.21. The van der Waals surface area contributed by atoms with Crippen molar-refractivity contribution in [2.45, 2.75) is 19.9 Å². The molecule has 0 radical (unpaired) electrons. The van der Waals surface area contributed by atoms with Gasteiger partial charge in [-0.2, -0.15) is 5.10 Å². The van der Waals surface area contributed by atoms with Gasteiger partial charge in [0.05, 0.1) is 17.9 Å². The fourth-order valence-corrected chi connectivity index (χ4v) is 4.15. The fourth-order valence-electron chi connectivity index (χ4n) is 4.15. The van der Waals surface area contributed by atoms with E-state index in [0.29, 0.717) is 46.7 Å². The highest BCUT2D eigenvalue weighted by Crippen LogP contribution is 2.39. The molecule has 10 nitrogen and oxygen atoms in total. The van der Waals surface area contributed by atoms with Crippen molar-refractivity contribution in [2.75, 3.05) is 29.5 Å². The molecular formula is C24H25FN8O2. The van der Waals surface area contributed by atoms with E-state index in [9.17, 15) is 4.79 Å². The first-order chi connectivity index (χ1) is 16.8. The van der Waals surface area contributed by atoms with Crippen LogP contribution in [0, 0.1) is 12.7 Å². The zero-order chi connectivity index (χ0) is 24.7. The minimum atomic E-state index is -0.551. The quantitative estimate of drug-likeness (QED) is 0.330. The molecule has 1 atom stereocenters. The number of ether oxygens (including phenoxy) is 1. The van der Waals surface area contributed by atoms with Crippen LogP contribution in [0.4, 0.5) is 26.4 Å². The number of carbonyl (C=O) groups excluding carboxylic acids is 1. The standard InChI is InChI=1S/C24H25FN8O2/c1-12-17(9-29-23-22(12)27-4-5-35-23)16-6-14-7-19(28-10-18(14)21(26)20(16)25)32-24(34)31-13(2)15-8-30-33(3)11-15/h6-11,13,27H,4-5,26H2,1-3H3,(H2,28,31,32,34). The summed E-state index contributed by atoms with van der Waals surface area (Å²) in [6.07, 6.45) is 6.55. The third-order valence-corrected chi connectivity index (χ3v) is 6.05. The van der Waals surface area contributed by atoms with Crippen LogP contribution in [0.3, 0.4) is 0 Å². The minimum Gasteiger partial charge on any atom is -0.474 e. The monoisotopic (exact) mass is 476 g/mol. The second-order valence-electron chi connectivity index (χ2n) is 8.46. The minimum absolute atomic E-state index is 0.0208. The Bertz CT molecular complexity index is 1450. The van der Waals surface area contributed by atoms with Gasteiger partial charge in [-0.3, -0.25) is 10.00 Å². The number of nitrogens with two attached hydrogens (primary N) is 1. The van der Waals surface area contributed by atoms with Crippen LogP contribution >= 0.6 is 0 Å². The van der Waals surface area contributed by atoms with Gasteiger partial charge in [0.15, 0.2) is 5.82 Å². The SMILES string of the molecule is Cc1c(-c2cc3cc(NC(=O)NC(C)c4cnn(C)c4)ncc3c(N)c2F)cnc2c1NCCO2. The molecule has 5 rings (SSSR count). The fraction of sp³-hybridized carbons (Fsp3) is 0.250. The molecule has 180 valence electrons. The van der Waals surface area contributed by atoms with Gasteiger partial charge in [-0.05, 0) is 36.9 Å². The van der Waals surface area contributed by atoms with E-state index in [2.05, 4.69) is 31.0 Å². The largest absolute Gasteiger partial charge is 0.474 e. The summed E-state index contributed by atoms with van der Waals surface area (Å²) >= 11 is 0. The Balaban J connectivity index is 1.45. The highest BCUT2D eigenvalue weighted by atomic mass is 19.1. The summed E-state index contributed by atoms with van der Waals surface area (Å²) in [7, 11) is 1.81. The Kier molecular flexibility index (Phi) is 5.59. The second kappa shape index (κ2) is 8.75. The summed E-state index contributed by atoms with van der Waals surface area (Å²) in [4.78, 5) is 21.1. The van der Waals surface area contributed by atoms with E-state index in [0.717, 1.165) is 16.8 Å². The first kappa shape index (κ1) is 22.4. The maximum Gasteiger partial charge on any atom is 0.320 e. The first-order valence-corrected chi connectivity index (χ1v) is 11.1. The average molecular weight is 477 g/mol. The van der Waals surface area contributed by atoms with E-state index >= 15 is 4.39 Å². The zero-order valence-electron chi connectivity index (χ0n) is 19.5. The van der Waals surface area contributed by atoms with Crippen LogP contribution in [0.5, 0.6) is 5.88 Å². The van der Waals surface area contributed by atoms with Gasteiger partial charge in [-0.1, -0.05) is 0 Å². The van der Waals surface area contributed by atoms with E-state index in [1.807, 2.05) is 27.1 Å². The van der Waals surface area contributed by atoms with Gasteiger partial charge in [0.1, 0.15) is 18.1 Å². The molecule has 1 aliphatic heterocycles. The smallest absolute Gasteiger partial charge is 0.320 e. The van der Waals surface area contributed by atoms with Crippen molar-refractivity contribution in [3.05, 3.63) is 53.9 Å². The summed E-state index contributed by atoms with van der Waals surface area (Å²) in [6, 6.07) is 2.66. The molecule has 1 aliphatic rings. The van der Waals surface area contributed by atoms with Crippen molar-refractivity contribution in [1.29, 1.82) is 0 Å². The number of halogens is 1. The lowest BCUT2D eigenvalue weighted by atomic mass is 9.97. The van der Waals surface area contributed by atoms with Crippen molar-refractivity contribution in [2.24, 2.45) is 7.05 Å². The van der Waals surface area contributed by atoms with Crippen LogP contribution in [0.25, 0.3) is 21.9 Å². The van der Waals surface area contributed by atoms with Crippen LogP contribution in [0.15, 0.2) is 36.9 Å². The predicted octanol–water partition coefficient (Wildman–Crippen LogP) is 3.75. The van der Waals surface area contributed by atoms with Crippen LogP contribution in [0.2, 0.25) is 0 Å². The zero-order valence-corrected chi connectivity index (χ0v) is 19.5. The van der Waals surface area contributed by atoms with E-state index in [-0.39, 0.29) is 11.7 Å². The molecule has 2 amide bonds. The molecule has 0 fully saturated rings. The molecule has 0 spiro atoms. The molecule has 1 aromatic carbocycles. The number of fused-ring (bicyclic) bond motifs is 2. The number of hydrogen-bond donors (Lipinski definition) is 4. The number of rotatable bonds is 4. The summed E-state index contributed by atoms with van der Waals surface area (Å²) in [5, 5.41) is 14.0. The van der Waals surface area contributed by atoms with Crippen molar-refractivity contribution >= 4 is 34.0 Å². The molecular weight excluding hydrogens is 451 g/mol. The Morgan fingerprint density at radius 1 is 1.26 bits per heavy atom. The molecule has 5 N–H and O–H groups in total. The summed E-state index contributed by atoms with van der Waals surface area (Å²) in [5.74, 6) is 0.249. The Labute approximate surface area is 200 Å². The van der Waals surface area contributed by atoms with Crippen molar-refractivity contribution < 1.29 is 13.9 Å². The predicted molar refractivity (Wildman–Crippen MR) is 132 cm³/mol. The molecule has 3 aromatic heterocycles. The van der Waals surface area contributed by atoms with Crippen LogP contribution < -0.4 is 26.4 Å². The third kappa shape index (κ3) is 4.16. The van der Waals surface area contributed by atoms with E-state index in [1.54, 1.807) is 29.2 Å². The van der Waals surface area contributed by atoms with Gasteiger partial charge in [0, 0.05) is 54.3 Å². The number of carbonyl (C=O) groups is 1. The van der Waals surface area contributed by atoms with E-state index in [4.69, 9.17) is 10.5 Å². The number of amides is 2. The number of aromatic nitrogens is 4. The number of aryl methyl sites for hydroxylation is 1. The molecule has 0 saturated heterocycles. The Morgan fingerprint density at radius 3 is 2.86 bits per heavy atom. The van der Waals surface area contributed by atoms with Crippen LogP contribution in [0.1, 0.15) is 24.1 Å². The number of anilines is 3. The molecule has 0 aliphatic carbocycles. The normalized spacial score (nSPS) is 13.5. The summed E-state index contributed by atoms with van der Waals surface area (Å²) in [6.45, 7) is 4.90. The molecule has 35 heavy (non-hydrogen) atoms. The van der Waals surface area contributed by atoms with Gasteiger partial charge < -0.3 is 21.1 Å². The molecule has 4 aromatic rings. The van der Waals surface area contributed by atoms with Crippen LogP contribution in [-0.4, -0.2) is 38.9 Å².